The molecular formula is C16H21N3O2S. The van der Waals surface area contributed by atoms with Crippen LogP contribution in [0.25, 0.3) is 11.3 Å². The van der Waals surface area contributed by atoms with Gasteiger partial charge in [-0.05, 0) is 13.8 Å². The zero-order valence-electron chi connectivity index (χ0n) is 13.0. The molecule has 2 amide bonds. The maximum Gasteiger partial charge on any atom is 0.317 e. The summed E-state index contributed by atoms with van der Waals surface area (Å²) in [6.45, 7) is 3.99. The van der Waals surface area contributed by atoms with Crippen molar-refractivity contribution in [3.63, 3.8) is 0 Å². The van der Waals surface area contributed by atoms with E-state index in [4.69, 9.17) is 0 Å². The van der Waals surface area contributed by atoms with Crippen molar-refractivity contribution in [3.8, 4) is 11.3 Å². The fraction of sp³-hybridized carbons (Fsp3) is 0.375. The fourth-order valence-corrected chi connectivity index (χ4v) is 2.81. The molecule has 0 radical (unpaired) electrons. The molecule has 6 heteroatoms. The summed E-state index contributed by atoms with van der Waals surface area (Å²) >= 11 is 1.52. The molecule has 1 aromatic heterocycles. The Morgan fingerprint density at radius 1 is 1.36 bits per heavy atom. The van der Waals surface area contributed by atoms with Gasteiger partial charge in [-0.15, -0.1) is 11.3 Å². The Labute approximate surface area is 134 Å². The first-order valence-corrected chi connectivity index (χ1v) is 7.94. The van der Waals surface area contributed by atoms with Crippen molar-refractivity contribution in [1.82, 2.24) is 15.2 Å². The van der Waals surface area contributed by atoms with E-state index in [1.807, 2.05) is 35.7 Å². The molecule has 118 valence electrons. The van der Waals surface area contributed by atoms with Gasteiger partial charge >= 0.3 is 6.03 Å². The maximum absolute atomic E-state index is 12.0. The number of urea groups is 1. The third kappa shape index (κ3) is 4.82. The molecule has 0 bridgehead atoms. The number of thiazole rings is 1. The zero-order valence-corrected chi connectivity index (χ0v) is 13.9. The highest BCUT2D eigenvalue weighted by molar-refractivity contribution is 7.09. The van der Waals surface area contributed by atoms with E-state index in [1.54, 1.807) is 20.9 Å². The minimum atomic E-state index is -0.909. The van der Waals surface area contributed by atoms with Gasteiger partial charge in [0.2, 0.25) is 0 Å². The molecule has 1 aromatic carbocycles. The smallest absolute Gasteiger partial charge is 0.317 e. The van der Waals surface area contributed by atoms with Crippen LogP contribution in [0.5, 0.6) is 0 Å². The molecule has 0 atom stereocenters. The molecule has 0 unspecified atom stereocenters. The lowest BCUT2D eigenvalue weighted by Gasteiger charge is -2.25. The minimum Gasteiger partial charge on any atom is -0.389 e. The Hall–Kier alpha value is -1.92. The zero-order chi connectivity index (χ0) is 16.2. The summed E-state index contributed by atoms with van der Waals surface area (Å²) in [6, 6.07) is 9.71. The summed E-state index contributed by atoms with van der Waals surface area (Å²) in [4.78, 5) is 17.9. The van der Waals surface area contributed by atoms with Crippen molar-refractivity contribution < 1.29 is 9.90 Å². The topological polar surface area (TPSA) is 65.5 Å². The number of likely N-dealkylation sites (N-methyl/N-ethyl adjacent to an activating group) is 1. The largest absolute Gasteiger partial charge is 0.389 e. The van der Waals surface area contributed by atoms with Gasteiger partial charge in [-0.25, -0.2) is 9.78 Å². The molecule has 0 aliphatic heterocycles. The van der Waals surface area contributed by atoms with Crippen LogP contribution in [-0.2, 0) is 6.54 Å². The number of carbonyl (C=O) groups excluding carboxylic acids is 1. The molecule has 0 aliphatic carbocycles. The van der Waals surface area contributed by atoms with Crippen molar-refractivity contribution in [2.75, 3.05) is 13.6 Å². The second-order valence-electron chi connectivity index (χ2n) is 5.82. The highest BCUT2D eigenvalue weighted by Crippen LogP contribution is 2.21. The van der Waals surface area contributed by atoms with Gasteiger partial charge in [0.1, 0.15) is 5.01 Å². The van der Waals surface area contributed by atoms with Gasteiger partial charge in [-0.2, -0.15) is 0 Å². The first-order chi connectivity index (χ1) is 10.3. The van der Waals surface area contributed by atoms with Crippen molar-refractivity contribution in [3.05, 3.63) is 40.7 Å². The van der Waals surface area contributed by atoms with Gasteiger partial charge in [0.25, 0.3) is 0 Å². The van der Waals surface area contributed by atoms with Crippen LogP contribution in [0.15, 0.2) is 35.7 Å². The van der Waals surface area contributed by atoms with Crippen molar-refractivity contribution >= 4 is 17.4 Å². The maximum atomic E-state index is 12.0. The Bertz CT molecular complexity index is 620. The lowest BCUT2D eigenvalue weighted by atomic mass is 10.1. The van der Waals surface area contributed by atoms with Gasteiger partial charge in [-0.3, -0.25) is 0 Å². The van der Waals surface area contributed by atoms with E-state index in [1.165, 1.54) is 16.2 Å². The number of hydrogen-bond donors (Lipinski definition) is 2. The minimum absolute atomic E-state index is 0.224. The van der Waals surface area contributed by atoms with Gasteiger partial charge in [-0.1, -0.05) is 30.3 Å². The first kappa shape index (κ1) is 16.5. The Morgan fingerprint density at radius 3 is 2.68 bits per heavy atom. The summed E-state index contributed by atoms with van der Waals surface area (Å²) in [6.07, 6.45) is 0. The number of amides is 2. The molecule has 1 heterocycles. The van der Waals surface area contributed by atoms with Crippen LogP contribution in [0.2, 0.25) is 0 Å². The molecule has 0 fully saturated rings. The van der Waals surface area contributed by atoms with E-state index >= 15 is 0 Å². The summed E-state index contributed by atoms with van der Waals surface area (Å²) in [7, 11) is 1.66. The molecule has 0 aliphatic rings. The molecule has 0 saturated heterocycles. The predicted octanol–water partition coefficient (Wildman–Crippen LogP) is 2.72. The number of rotatable bonds is 5. The molecular weight excluding hydrogens is 298 g/mol. The number of nitrogens with zero attached hydrogens (tertiary/aromatic N) is 2. The third-order valence-corrected chi connectivity index (χ3v) is 3.83. The molecule has 2 N–H and O–H groups in total. The molecule has 5 nitrogen and oxygen atoms in total. The van der Waals surface area contributed by atoms with E-state index in [2.05, 4.69) is 10.3 Å². The predicted molar refractivity (Wildman–Crippen MR) is 88.7 cm³/mol. The van der Waals surface area contributed by atoms with E-state index in [9.17, 15) is 9.90 Å². The summed E-state index contributed by atoms with van der Waals surface area (Å²) < 4.78 is 0. The summed E-state index contributed by atoms with van der Waals surface area (Å²) in [5.74, 6) is 0. The van der Waals surface area contributed by atoms with E-state index in [0.717, 1.165) is 16.3 Å². The van der Waals surface area contributed by atoms with Crippen molar-refractivity contribution in [1.29, 1.82) is 0 Å². The van der Waals surface area contributed by atoms with Gasteiger partial charge in [0, 0.05) is 18.0 Å². The normalized spacial score (nSPS) is 11.3. The second-order valence-corrected chi connectivity index (χ2v) is 6.76. The molecule has 22 heavy (non-hydrogen) atoms. The van der Waals surface area contributed by atoms with Crippen LogP contribution in [0, 0.1) is 0 Å². The lowest BCUT2D eigenvalue weighted by Crippen LogP contribution is -2.44. The number of aromatic nitrogens is 1. The Balaban J connectivity index is 1.90. The highest BCUT2D eigenvalue weighted by Gasteiger charge is 2.19. The summed E-state index contributed by atoms with van der Waals surface area (Å²) in [5.41, 5.74) is 1.07. The van der Waals surface area contributed by atoms with Crippen LogP contribution in [0.1, 0.15) is 18.9 Å². The van der Waals surface area contributed by atoms with E-state index in [-0.39, 0.29) is 12.6 Å². The van der Waals surface area contributed by atoms with Crippen molar-refractivity contribution in [2.24, 2.45) is 0 Å². The molecule has 2 rings (SSSR count). The average molecular weight is 319 g/mol. The average Bonchev–Trinajstić information content (AvgIpc) is 2.92. The number of hydrogen-bond acceptors (Lipinski definition) is 4. The first-order valence-electron chi connectivity index (χ1n) is 7.06. The Morgan fingerprint density at radius 2 is 2.05 bits per heavy atom. The fourth-order valence-electron chi connectivity index (χ4n) is 2.07. The van der Waals surface area contributed by atoms with Gasteiger partial charge in [0.05, 0.1) is 24.4 Å². The van der Waals surface area contributed by atoms with Gasteiger partial charge in [0.15, 0.2) is 0 Å². The molecule has 2 aromatic rings. The van der Waals surface area contributed by atoms with Crippen LogP contribution in [-0.4, -0.2) is 40.2 Å². The van der Waals surface area contributed by atoms with Crippen LogP contribution in [0.3, 0.4) is 0 Å². The highest BCUT2D eigenvalue weighted by atomic mass is 32.1. The van der Waals surface area contributed by atoms with Crippen LogP contribution in [0.4, 0.5) is 4.79 Å². The van der Waals surface area contributed by atoms with Gasteiger partial charge < -0.3 is 15.3 Å². The number of nitrogens with one attached hydrogen (secondary N) is 1. The monoisotopic (exact) mass is 319 g/mol. The summed E-state index contributed by atoms with van der Waals surface area (Å²) in [5, 5.41) is 15.4. The van der Waals surface area contributed by atoms with E-state index < -0.39 is 5.60 Å². The number of carbonyl (C=O) groups is 1. The quantitative estimate of drug-likeness (QED) is 0.890. The van der Waals surface area contributed by atoms with E-state index in [0.29, 0.717) is 6.54 Å². The number of aliphatic hydroxyl groups is 1. The van der Waals surface area contributed by atoms with Crippen LogP contribution < -0.4 is 5.32 Å². The second kappa shape index (κ2) is 6.89. The number of benzene rings is 1. The standard InChI is InChI=1S/C16H21N3O2S/c1-16(2,21)11-19(3)15(20)17-9-14-18-13(10-22-14)12-7-5-4-6-8-12/h4-8,10,21H,9,11H2,1-3H3,(H,17,20). The lowest BCUT2D eigenvalue weighted by molar-refractivity contribution is 0.0531. The molecule has 0 saturated carbocycles. The Kier molecular flexibility index (Phi) is 5.15. The SMILES string of the molecule is CN(CC(C)(C)O)C(=O)NCc1nc(-c2ccccc2)cs1. The molecule has 0 spiro atoms. The van der Waals surface area contributed by atoms with Crippen LogP contribution >= 0.6 is 11.3 Å². The van der Waals surface area contributed by atoms with Crippen molar-refractivity contribution in [2.45, 2.75) is 26.0 Å². The third-order valence-electron chi connectivity index (χ3n) is 2.98.